The van der Waals surface area contributed by atoms with E-state index in [-0.39, 0.29) is 25.7 Å². The smallest absolute Gasteiger partial charge is 0.462 e. The van der Waals surface area contributed by atoms with Gasteiger partial charge in [0.2, 0.25) is 0 Å². The predicted molar refractivity (Wildman–Crippen MR) is 344 cm³/mol. The van der Waals surface area contributed by atoms with Gasteiger partial charge in [0.1, 0.15) is 19.3 Å². The molecule has 0 saturated carbocycles. The molecule has 17 nitrogen and oxygen atoms in total. The maximum absolute atomic E-state index is 13.0. The van der Waals surface area contributed by atoms with Crippen LogP contribution in [-0.4, -0.2) is 96.7 Å². The zero-order valence-corrected chi connectivity index (χ0v) is 57.7. The molecule has 7 atom stereocenters. The molecule has 0 bridgehead atoms. The van der Waals surface area contributed by atoms with Crippen LogP contribution in [0.25, 0.3) is 0 Å². The monoisotopic (exact) mass is 1270 g/mol. The molecular formula is C67H130O17P2. The topological polar surface area (TPSA) is 237 Å². The SMILES string of the molecule is CCC(C)CCCCCCCCCCC(=O)O[C@H](COC(=O)CCCCCCCCC(C)C)COP(=O)(O)OC[C@H](O)COP(=O)(O)OC[C@@H](COC(=O)CCCCCCCCC(C)CC)OC(=O)CCCCCCCCCCCCCCC(C)C. The first-order valence-corrected chi connectivity index (χ1v) is 37.8. The summed E-state index contributed by atoms with van der Waals surface area (Å²) in [5.41, 5.74) is 0. The Kier molecular flexibility index (Phi) is 55.7. The molecule has 0 saturated heterocycles. The van der Waals surface area contributed by atoms with Crippen LogP contribution in [0.4, 0.5) is 0 Å². The van der Waals surface area contributed by atoms with Crippen molar-refractivity contribution in [2.75, 3.05) is 39.6 Å². The predicted octanol–water partition coefficient (Wildman–Crippen LogP) is 18.5. The van der Waals surface area contributed by atoms with Crippen molar-refractivity contribution in [3.8, 4) is 0 Å². The molecule has 0 heterocycles. The van der Waals surface area contributed by atoms with E-state index in [4.69, 9.17) is 37.0 Å². The number of hydrogen-bond acceptors (Lipinski definition) is 15. The second-order valence-corrected chi connectivity index (χ2v) is 28.6. The molecule has 0 aromatic heterocycles. The van der Waals surface area contributed by atoms with E-state index in [2.05, 4.69) is 55.4 Å². The minimum Gasteiger partial charge on any atom is -0.462 e. The maximum atomic E-state index is 13.0. The van der Waals surface area contributed by atoms with Gasteiger partial charge in [0.05, 0.1) is 26.4 Å². The fourth-order valence-corrected chi connectivity index (χ4v) is 11.5. The number of phosphoric acid groups is 2. The van der Waals surface area contributed by atoms with Crippen molar-refractivity contribution >= 4 is 39.5 Å². The van der Waals surface area contributed by atoms with Gasteiger partial charge in [0, 0.05) is 25.7 Å². The van der Waals surface area contributed by atoms with Gasteiger partial charge in [-0.3, -0.25) is 37.3 Å². The summed E-state index contributed by atoms with van der Waals surface area (Å²) in [4.78, 5) is 72.3. The molecule has 3 N–H and O–H groups in total. The summed E-state index contributed by atoms with van der Waals surface area (Å²) in [7, 11) is -9.90. The minimum absolute atomic E-state index is 0.103. The van der Waals surface area contributed by atoms with Crippen LogP contribution in [0, 0.1) is 23.7 Å². The van der Waals surface area contributed by atoms with Gasteiger partial charge in [0.15, 0.2) is 12.2 Å². The average molecular weight is 1270 g/mol. The van der Waals surface area contributed by atoms with Crippen LogP contribution in [-0.2, 0) is 65.4 Å². The molecule has 0 radical (unpaired) electrons. The Labute approximate surface area is 524 Å². The largest absolute Gasteiger partial charge is 0.472 e. The molecule has 0 aromatic carbocycles. The molecule has 86 heavy (non-hydrogen) atoms. The summed E-state index contributed by atoms with van der Waals surface area (Å²) in [6.07, 6.45) is 37.7. The van der Waals surface area contributed by atoms with Crippen molar-refractivity contribution in [2.24, 2.45) is 23.7 Å². The van der Waals surface area contributed by atoms with Crippen molar-refractivity contribution in [3.63, 3.8) is 0 Å². The second-order valence-electron chi connectivity index (χ2n) is 25.6. The van der Waals surface area contributed by atoms with Gasteiger partial charge >= 0.3 is 39.5 Å². The third-order valence-electron chi connectivity index (χ3n) is 16.0. The fourth-order valence-electron chi connectivity index (χ4n) is 9.89. The number of rotatable bonds is 64. The molecule has 0 aliphatic carbocycles. The number of aliphatic hydroxyl groups is 1. The number of hydrogen-bond donors (Lipinski definition) is 3. The first kappa shape index (κ1) is 84.1. The van der Waals surface area contributed by atoms with E-state index < -0.39 is 97.5 Å². The van der Waals surface area contributed by atoms with E-state index in [1.165, 1.54) is 116 Å². The summed E-state index contributed by atoms with van der Waals surface area (Å²) in [6.45, 7) is 14.0. The number of carbonyl (C=O) groups is 4. The van der Waals surface area contributed by atoms with E-state index in [1.807, 2.05) is 0 Å². The third-order valence-corrected chi connectivity index (χ3v) is 17.9. The Morgan fingerprint density at radius 3 is 0.826 bits per heavy atom. The van der Waals surface area contributed by atoms with Crippen LogP contribution < -0.4 is 0 Å². The Morgan fingerprint density at radius 2 is 0.558 bits per heavy atom. The molecule has 19 heteroatoms. The number of ether oxygens (including phenoxy) is 4. The highest BCUT2D eigenvalue weighted by molar-refractivity contribution is 7.47. The molecule has 0 rings (SSSR count). The fraction of sp³-hybridized carbons (Fsp3) is 0.940. The van der Waals surface area contributed by atoms with Gasteiger partial charge in [-0.05, 0) is 49.4 Å². The van der Waals surface area contributed by atoms with Crippen molar-refractivity contribution < 1.29 is 80.2 Å². The molecular weight excluding hydrogens is 1140 g/mol. The number of carbonyl (C=O) groups excluding carboxylic acids is 4. The van der Waals surface area contributed by atoms with Crippen LogP contribution in [0.3, 0.4) is 0 Å². The van der Waals surface area contributed by atoms with Crippen LogP contribution in [0.5, 0.6) is 0 Å². The molecule has 0 spiro atoms. The first-order chi connectivity index (χ1) is 41.2. The van der Waals surface area contributed by atoms with Gasteiger partial charge in [-0.25, -0.2) is 9.13 Å². The van der Waals surface area contributed by atoms with Crippen LogP contribution >= 0.6 is 15.6 Å². The minimum atomic E-state index is -4.95. The summed E-state index contributed by atoms with van der Waals surface area (Å²) in [6, 6.07) is 0. The standard InChI is InChI=1S/C67H130O17P2/c1-9-59(7)45-37-29-20-17-18-22-34-42-50-67(72)84-62(53-77-64(69)47-39-31-25-23-28-36-44-58(5)6)55-81-85(73,74)79-51-61(68)52-80-86(75,76)82-56-63(54-78-65(70)48-40-32-26-24-30-38-46-60(8)10-2)83-66(71)49-41-33-21-16-14-12-11-13-15-19-27-35-43-57(3)4/h57-63,68H,9-56H2,1-8H3,(H,73,74)(H,75,76)/t59?,60?,61-,62+,63+/m0/s1. The van der Waals surface area contributed by atoms with E-state index in [0.29, 0.717) is 31.6 Å². The van der Waals surface area contributed by atoms with Crippen molar-refractivity contribution in [2.45, 2.75) is 343 Å². The lowest BCUT2D eigenvalue weighted by Gasteiger charge is -2.21. The Bertz CT molecular complexity index is 1720. The van der Waals surface area contributed by atoms with E-state index in [0.717, 1.165) is 120 Å². The van der Waals surface area contributed by atoms with Gasteiger partial charge in [-0.15, -0.1) is 0 Å². The highest BCUT2D eigenvalue weighted by Crippen LogP contribution is 2.45. The average Bonchev–Trinajstić information content (AvgIpc) is 3.64. The molecule has 0 aliphatic heterocycles. The zero-order chi connectivity index (χ0) is 63.9. The van der Waals surface area contributed by atoms with Crippen LogP contribution in [0.1, 0.15) is 325 Å². The Hall–Kier alpha value is -1.94. The highest BCUT2D eigenvalue weighted by Gasteiger charge is 2.30. The first-order valence-electron chi connectivity index (χ1n) is 34.8. The van der Waals surface area contributed by atoms with E-state index >= 15 is 0 Å². The highest BCUT2D eigenvalue weighted by atomic mass is 31.2. The lowest BCUT2D eigenvalue weighted by molar-refractivity contribution is -0.161. The summed E-state index contributed by atoms with van der Waals surface area (Å²) in [5.74, 6) is 0.819. The Morgan fingerprint density at radius 1 is 0.326 bits per heavy atom. The summed E-state index contributed by atoms with van der Waals surface area (Å²) >= 11 is 0. The number of unbranched alkanes of at least 4 members (excludes halogenated alkanes) is 28. The number of esters is 4. The lowest BCUT2D eigenvalue weighted by Crippen LogP contribution is -2.30. The van der Waals surface area contributed by atoms with Gasteiger partial charge in [-0.1, -0.05) is 274 Å². The lowest BCUT2D eigenvalue weighted by atomic mass is 9.99. The van der Waals surface area contributed by atoms with E-state index in [1.54, 1.807) is 0 Å². The molecule has 0 aromatic rings. The number of phosphoric ester groups is 2. The van der Waals surface area contributed by atoms with Crippen molar-refractivity contribution in [1.82, 2.24) is 0 Å². The quantitative estimate of drug-likeness (QED) is 0.0222. The Balaban J connectivity index is 5.25. The second kappa shape index (κ2) is 57.0. The van der Waals surface area contributed by atoms with Crippen molar-refractivity contribution in [3.05, 3.63) is 0 Å². The van der Waals surface area contributed by atoms with Gasteiger partial charge in [0.25, 0.3) is 0 Å². The molecule has 4 unspecified atom stereocenters. The zero-order valence-electron chi connectivity index (χ0n) is 55.9. The van der Waals surface area contributed by atoms with Crippen LogP contribution in [0.15, 0.2) is 0 Å². The molecule has 510 valence electrons. The third kappa shape index (κ3) is 58.4. The van der Waals surface area contributed by atoms with Crippen LogP contribution in [0.2, 0.25) is 0 Å². The molecule has 0 amide bonds. The number of aliphatic hydroxyl groups excluding tert-OH is 1. The van der Waals surface area contributed by atoms with Gasteiger partial charge in [-0.2, -0.15) is 0 Å². The maximum Gasteiger partial charge on any atom is 0.472 e. The van der Waals surface area contributed by atoms with Crippen molar-refractivity contribution in [1.29, 1.82) is 0 Å². The van der Waals surface area contributed by atoms with E-state index in [9.17, 15) is 43.2 Å². The molecule has 0 aliphatic rings. The normalized spacial score (nSPS) is 15.0. The molecule has 0 fully saturated rings. The summed E-state index contributed by atoms with van der Waals surface area (Å²) < 4.78 is 68.1. The van der Waals surface area contributed by atoms with Gasteiger partial charge < -0.3 is 33.8 Å². The summed E-state index contributed by atoms with van der Waals surface area (Å²) in [5, 5.41) is 10.6.